The van der Waals surface area contributed by atoms with Crippen LogP contribution in [0.15, 0.2) is 36.7 Å². The van der Waals surface area contributed by atoms with Gasteiger partial charge in [0.2, 0.25) is 0 Å². The van der Waals surface area contributed by atoms with Gasteiger partial charge in [-0.15, -0.1) is 10.2 Å². The van der Waals surface area contributed by atoms with Gasteiger partial charge in [-0.3, -0.25) is 9.67 Å². The molecule has 4 heterocycles. The van der Waals surface area contributed by atoms with Gasteiger partial charge in [-0.25, -0.2) is 9.97 Å². The van der Waals surface area contributed by atoms with Gasteiger partial charge in [-0.1, -0.05) is 19.1 Å². The van der Waals surface area contributed by atoms with E-state index in [1.54, 1.807) is 12.4 Å². The van der Waals surface area contributed by atoms with Gasteiger partial charge < -0.3 is 4.90 Å². The van der Waals surface area contributed by atoms with Crippen LogP contribution in [0.5, 0.6) is 0 Å². The Labute approximate surface area is 193 Å². The average Bonchev–Trinajstić information content (AvgIpc) is 3.44. The Kier molecular flexibility index (Phi) is 5.14. The number of H-pyrrole nitrogens is 1. The fraction of sp³-hybridized carbons (Fsp3) is 0.348. The first kappa shape index (κ1) is 22.1. The highest BCUT2D eigenvalue weighted by Gasteiger charge is 2.36. The molecule has 8 nitrogen and oxygen atoms in total. The molecule has 1 aromatic carbocycles. The Hall–Kier alpha value is -3.76. The van der Waals surface area contributed by atoms with Crippen LogP contribution < -0.4 is 4.90 Å². The first-order valence-corrected chi connectivity index (χ1v) is 11.0. The van der Waals surface area contributed by atoms with Crippen LogP contribution in [-0.2, 0) is 6.18 Å². The quantitative estimate of drug-likeness (QED) is 0.447. The first-order valence-electron chi connectivity index (χ1n) is 11.0. The number of anilines is 1. The molecule has 1 aliphatic rings. The monoisotopic (exact) mass is 468 g/mol. The number of nitrogens with one attached hydrogen (secondary N) is 1. The standard InChI is InChI=1S/C23H23F3N8/c1-5-17-22-32-30-13(4)34(22)18-11-27-20(29-21(18)33(17)12(2)3)16-10-28-31-19(16)14-6-8-15(9-7-14)23(24,25)26/h6-12,17H,5H2,1-4H3,(H,28,31). The van der Waals surface area contributed by atoms with E-state index < -0.39 is 11.7 Å². The van der Waals surface area contributed by atoms with Crippen LogP contribution in [0.25, 0.3) is 28.3 Å². The number of hydrogen-bond donors (Lipinski definition) is 1. The molecule has 1 N–H and O–H groups in total. The molecule has 5 rings (SSSR count). The van der Waals surface area contributed by atoms with Crippen molar-refractivity contribution in [2.75, 3.05) is 4.90 Å². The number of benzene rings is 1. The van der Waals surface area contributed by atoms with E-state index in [-0.39, 0.29) is 12.1 Å². The molecule has 0 aliphatic carbocycles. The zero-order valence-corrected chi connectivity index (χ0v) is 19.1. The Morgan fingerprint density at radius 3 is 2.47 bits per heavy atom. The van der Waals surface area contributed by atoms with E-state index in [9.17, 15) is 13.2 Å². The minimum atomic E-state index is -4.40. The summed E-state index contributed by atoms with van der Waals surface area (Å²) in [6.07, 6.45) is -0.254. The fourth-order valence-electron chi connectivity index (χ4n) is 4.49. The number of rotatable bonds is 4. The van der Waals surface area contributed by atoms with Crippen LogP contribution in [0.3, 0.4) is 0 Å². The highest BCUT2D eigenvalue weighted by atomic mass is 19.4. The molecule has 4 aromatic rings. The van der Waals surface area contributed by atoms with Crippen molar-refractivity contribution in [2.24, 2.45) is 0 Å². The lowest BCUT2D eigenvalue weighted by molar-refractivity contribution is -0.137. The summed E-state index contributed by atoms with van der Waals surface area (Å²) in [5, 5.41) is 15.7. The van der Waals surface area contributed by atoms with Gasteiger partial charge in [-0.05, 0) is 39.3 Å². The number of halogens is 3. The van der Waals surface area contributed by atoms with Crippen molar-refractivity contribution in [3.8, 4) is 28.3 Å². The van der Waals surface area contributed by atoms with Crippen molar-refractivity contribution < 1.29 is 13.2 Å². The lowest BCUT2D eigenvalue weighted by atomic mass is 10.0. The second-order valence-electron chi connectivity index (χ2n) is 8.50. The van der Waals surface area contributed by atoms with E-state index in [1.807, 2.05) is 11.5 Å². The molecule has 0 bridgehead atoms. The predicted octanol–water partition coefficient (Wildman–Crippen LogP) is 5.12. The SMILES string of the molecule is CCC1c2nnc(C)n2-c2cnc(-c3cn[nH]c3-c3ccc(C(F)(F)F)cc3)nc2N1C(C)C. The van der Waals surface area contributed by atoms with Crippen molar-refractivity contribution in [3.63, 3.8) is 0 Å². The van der Waals surface area contributed by atoms with E-state index in [0.717, 1.165) is 41.7 Å². The van der Waals surface area contributed by atoms with Crippen molar-refractivity contribution in [1.82, 2.24) is 34.9 Å². The number of hydrogen-bond acceptors (Lipinski definition) is 6. The first-order chi connectivity index (χ1) is 16.2. The molecule has 0 spiro atoms. The third kappa shape index (κ3) is 3.42. The van der Waals surface area contributed by atoms with Crippen LogP contribution >= 0.6 is 0 Å². The molecule has 0 amide bonds. The molecular formula is C23H23F3N8. The van der Waals surface area contributed by atoms with Gasteiger partial charge in [0.25, 0.3) is 0 Å². The van der Waals surface area contributed by atoms with Gasteiger partial charge in [0.1, 0.15) is 11.5 Å². The fourth-order valence-corrected chi connectivity index (χ4v) is 4.49. The predicted molar refractivity (Wildman–Crippen MR) is 120 cm³/mol. The van der Waals surface area contributed by atoms with Crippen molar-refractivity contribution >= 4 is 5.82 Å². The van der Waals surface area contributed by atoms with Crippen molar-refractivity contribution in [1.29, 1.82) is 0 Å². The van der Waals surface area contributed by atoms with Gasteiger partial charge in [-0.2, -0.15) is 18.3 Å². The molecule has 0 radical (unpaired) electrons. The third-order valence-electron chi connectivity index (χ3n) is 6.04. The van der Waals surface area contributed by atoms with Crippen LogP contribution in [-0.4, -0.2) is 41.0 Å². The minimum absolute atomic E-state index is 0.00446. The summed E-state index contributed by atoms with van der Waals surface area (Å²) in [5.41, 5.74) is 1.80. The number of alkyl halides is 3. The number of aromatic amines is 1. The summed E-state index contributed by atoms with van der Waals surface area (Å²) >= 11 is 0. The highest BCUT2D eigenvalue weighted by Crippen LogP contribution is 2.41. The largest absolute Gasteiger partial charge is 0.416 e. The Morgan fingerprint density at radius 1 is 1.09 bits per heavy atom. The Balaban J connectivity index is 1.62. The lowest BCUT2D eigenvalue weighted by Crippen LogP contribution is -2.40. The van der Waals surface area contributed by atoms with E-state index >= 15 is 0 Å². The zero-order chi connectivity index (χ0) is 24.2. The van der Waals surface area contributed by atoms with Crippen LogP contribution in [0, 0.1) is 6.92 Å². The maximum absolute atomic E-state index is 13.0. The minimum Gasteiger partial charge on any atom is -0.342 e. The summed E-state index contributed by atoms with van der Waals surface area (Å²) < 4.78 is 40.9. The van der Waals surface area contributed by atoms with Gasteiger partial charge in [0.05, 0.1) is 35.3 Å². The van der Waals surface area contributed by atoms with E-state index in [0.29, 0.717) is 22.6 Å². The molecular weight excluding hydrogens is 445 g/mol. The molecule has 1 atom stereocenters. The normalized spacial score (nSPS) is 15.5. The Morgan fingerprint density at radius 2 is 1.82 bits per heavy atom. The molecule has 0 saturated heterocycles. The molecule has 34 heavy (non-hydrogen) atoms. The van der Waals surface area contributed by atoms with E-state index in [1.165, 1.54) is 12.1 Å². The zero-order valence-electron chi connectivity index (χ0n) is 19.1. The molecule has 1 aliphatic heterocycles. The van der Waals surface area contributed by atoms with Gasteiger partial charge >= 0.3 is 6.18 Å². The summed E-state index contributed by atoms with van der Waals surface area (Å²) in [4.78, 5) is 11.7. The van der Waals surface area contributed by atoms with Crippen molar-refractivity contribution in [2.45, 2.75) is 52.4 Å². The second kappa shape index (κ2) is 7.93. The summed E-state index contributed by atoms with van der Waals surface area (Å²) in [6.45, 7) is 8.18. The van der Waals surface area contributed by atoms with Crippen LogP contribution in [0.1, 0.15) is 50.4 Å². The maximum atomic E-state index is 13.0. The lowest BCUT2D eigenvalue weighted by Gasteiger charge is -2.39. The molecule has 1 unspecified atom stereocenters. The van der Waals surface area contributed by atoms with Crippen LogP contribution in [0.2, 0.25) is 0 Å². The molecule has 3 aromatic heterocycles. The number of fused-ring (bicyclic) bond motifs is 3. The van der Waals surface area contributed by atoms with Gasteiger partial charge in [0, 0.05) is 11.6 Å². The van der Waals surface area contributed by atoms with E-state index in [2.05, 4.69) is 51.0 Å². The summed E-state index contributed by atoms with van der Waals surface area (Å²) in [5.74, 6) is 2.79. The smallest absolute Gasteiger partial charge is 0.342 e. The topological polar surface area (TPSA) is 88.4 Å². The second-order valence-corrected chi connectivity index (χ2v) is 8.50. The maximum Gasteiger partial charge on any atom is 0.416 e. The molecule has 0 saturated carbocycles. The number of aryl methyl sites for hydroxylation is 1. The van der Waals surface area contributed by atoms with E-state index in [4.69, 9.17) is 4.98 Å². The number of nitrogens with zero attached hydrogens (tertiary/aromatic N) is 7. The third-order valence-corrected chi connectivity index (χ3v) is 6.04. The van der Waals surface area contributed by atoms with Crippen LogP contribution in [0.4, 0.5) is 19.0 Å². The Bertz CT molecular complexity index is 1340. The van der Waals surface area contributed by atoms with Crippen molar-refractivity contribution in [3.05, 3.63) is 53.9 Å². The number of aromatic nitrogens is 7. The average molecular weight is 468 g/mol. The molecule has 176 valence electrons. The van der Waals surface area contributed by atoms with Gasteiger partial charge in [0.15, 0.2) is 17.5 Å². The molecule has 0 fully saturated rings. The molecule has 11 heteroatoms. The summed E-state index contributed by atoms with van der Waals surface area (Å²) in [7, 11) is 0. The highest BCUT2D eigenvalue weighted by molar-refractivity contribution is 5.78. The summed E-state index contributed by atoms with van der Waals surface area (Å²) in [6, 6.07) is 5.07.